The van der Waals surface area contributed by atoms with Gasteiger partial charge in [-0.1, -0.05) is 30.3 Å². The van der Waals surface area contributed by atoms with Gasteiger partial charge in [-0.05, 0) is 54.3 Å². The maximum absolute atomic E-state index is 13.1. The van der Waals surface area contributed by atoms with Crippen LogP contribution in [0, 0.1) is 13.8 Å². The second-order valence-electron chi connectivity index (χ2n) is 7.40. The molecule has 0 aliphatic rings. The molecule has 0 unspecified atom stereocenters. The highest BCUT2D eigenvalue weighted by Crippen LogP contribution is 2.30. The standard InChI is InChI=1S/C24H18N2O3S/c1-14-8-18-17(10-22(27)29-20(18)9-15(14)2)12-26-13-25-23-19(24(26)28)11-21(30-23)16-6-4-3-5-7-16/h3-11,13H,12H2,1-2H3. The second-order valence-corrected chi connectivity index (χ2v) is 8.43. The van der Waals surface area contributed by atoms with E-state index in [1.165, 1.54) is 17.4 Å². The Labute approximate surface area is 175 Å². The Morgan fingerprint density at radius 1 is 0.967 bits per heavy atom. The Morgan fingerprint density at radius 2 is 1.73 bits per heavy atom. The van der Waals surface area contributed by atoms with Crippen LogP contribution in [0.4, 0.5) is 0 Å². The summed E-state index contributed by atoms with van der Waals surface area (Å²) in [6.07, 6.45) is 1.55. The van der Waals surface area contributed by atoms with E-state index in [2.05, 4.69) is 4.98 Å². The predicted octanol–water partition coefficient (Wildman–Crippen LogP) is 4.90. The van der Waals surface area contributed by atoms with Crippen LogP contribution in [0.3, 0.4) is 0 Å². The van der Waals surface area contributed by atoms with E-state index in [1.54, 1.807) is 10.9 Å². The molecule has 5 nitrogen and oxygen atoms in total. The van der Waals surface area contributed by atoms with Crippen LogP contribution in [0.5, 0.6) is 0 Å². The fourth-order valence-corrected chi connectivity index (χ4v) is 4.61. The van der Waals surface area contributed by atoms with Gasteiger partial charge in [0.15, 0.2) is 0 Å². The van der Waals surface area contributed by atoms with Crippen LogP contribution in [0.1, 0.15) is 16.7 Å². The van der Waals surface area contributed by atoms with Gasteiger partial charge in [-0.15, -0.1) is 11.3 Å². The number of benzene rings is 2. The van der Waals surface area contributed by atoms with Crippen molar-refractivity contribution in [3.8, 4) is 10.4 Å². The predicted molar refractivity (Wildman–Crippen MR) is 120 cm³/mol. The van der Waals surface area contributed by atoms with Crippen molar-refractivity contribution < 1.29 is 4.42 Å². The van der Waals surface area contributed by atoms with Crippen molar-refractivity contribution in [3.63, 3.8) is 0 Å². The number of aromatic nitrogens is 2. The molecule has 0 N–H and O–H groups in total. The molecule has 0 aliphatic heterocycles. The normalized spacial score (nSPS) is 11.4. The van der Waals surface area contributed by atoms with Crippen LogP contribution in [-0.4, -0.2) is 9.55 Å². The molecule has 148 valence electrons. The summed E-state index contributed by atoms with van der Waals surface area (Å²) in [6.45, 7) is 4.24. The van der Waals surface area contributed by atoms with Gasteiger partial charge in [0.1, 0.15) is 10.4 Å². The van der Waals surface area contributed by atoms with Crippen molar-refractivity contribution in [2.75, 3.05) is 0 Å². The van der Waals surface area contributed by atoms with Gasteiger partial charge >= 0.3 is 5.63 Å². The molecule has 0 spiro atoms. The van der Waals surface area contributed by atoms with Crippen LogP contribution in [0.2, 0.25) is 0 Å². The van der Waals surface area contributed by atoms with Crippen LogP contribution in [0.25, 0.3) is 31.6 Å². The first-order chi connectivity index (χ1) is 14.5. The van der Waals surface area contributed by atoms with E-state index >= 15 is 0 Å². The first-order valence-corrected chi connectivity index (χ1v) is 10.4. The molecule has 2 aromatic carbocycles. The Kier molecular flexibility index (Phi) is 4.37. The third-order valence-corrected chi connectivity index (χ3v) is 6.45. The van der Waals surface area contributed by atoms with Gasteiger partial charge in [0.2, 0.25) is 0 Å². The summed E-state index contributed by atoms with van der Waals surface area (Å²) >= 11 is 1.50. The summed E-state index contributed by atoms with van der Waals surface area (Å²) in [5.74, 6) is 0. The van der Waals surface area contributed by atoms with E-state index in [4.69, 9.17) is 4.42 Å². The van der Waals surface area contributed by atoms with Crippen molar-refractivity contribution in [1.82, 2.24) is 9.55 Å². The summed E-state index contributed by atoms with van der Waals surface area (Å²) in [5, 5.41) is 1.42. The zero-order chi connectivity index (χ0) is 20.8. The highest BCUT2D eigenvalue weighted by molar-refractivity contribution is 7.21. The zero-order valence-corrected chi connectivity index (χ0v) is 17.3. The molecule has 6 heteroatoms. The molecule has 0 saturated carbocycles. The molecular weight excluding hydrogens is 396 g/mol. The van der Waals surface area contributed by atoms with Crippen LogP contribution in [-0.2, 0) is 6.54 Å². The van der Waals surface area contributed by atoms with Gasteiger partial charge in [-0.2, -0.15) is 0 Å². The van der Waals surface area contributed by atoms with Gasteiger partial charge in [-0.25, -0.2) is 9.78 Å². The third-order valence-electron chi connectivity index (χ3n) is 5.36. The maximum Gasteiger partial charge on any atom is 0.336 e. The molecule has 0 fully saturated rings. The van der Waals surface area contributed by atoms with Crippen molar-refractivity contribution in [2.45, 2.75) is 20.4 Å². The molecule has 0 bridgehead atoms. The summed E-state index contributed by atoms with van der Waals surface area (Å²) in [6, 6.07) is 17.2. The number of rotatable bonds is 3. The van der Waals surface area contributed by atoms with Crippen molar-refractivity contribution >= 4 is 32.5 Å². The minimum Gasteiger partial charge on any atom is -0.423 e. The number of nitrogens with zero attached hydrogens (tertiary/aromatic N) is 2. The van der Waals surface area contributed by atoms with Crippen LogP contribution >= 0.6 is 11.3 Å². The first-order valence-electron chi connectivity index (χ1n) is 9.58. The number of hydrogen-bond donors (Lipinski definition) is 0. The average molecular weight is 414 g/mol. The smallest absolute Gasteiger partial charge is 0.336 e. The van der Waals surface area contributed by atoms with E-state index in [-0.39, 0.29) is 12.1 Å². The molecule has 3 aromatic heterocycles. The largest absolute Gasteiger partial charge is 0.423 e. The lowest BCUT2D eigenvalue weighted by Gasteiger charge is -2.10. The van der Waals surface area contributed by atoms with E-state index in [9.17, 15) is 9.59 Å². The lowest BCUT2D eigenvalue weighted by molar-refractivity contribution is 0.557. The highest BCUT2D eigenvalue weighted by Gasteiger charge is 2.13. The van der Waals surface area contributed by atoms with Crippen LogP contribution in [0.15, 0.2) is 74.9 Å². The molecule has 0 amide bonds. The van der Waals surface area contributed by atoms with E-state index in [0.29, 0.717) is 15.8 Å². The third kappa shape index (κ3) is 3.15. The molecule has 5 rings (SSSR count). The lowest BCUT2D eigenvalue weighted by Crippen LogP contribution is -2.21. The molecular formula is C24H18N2O3S. The van der Waals surface area contributed by atoms with Gasteiger partial charge in [0, 0.05) is 16.3 Å². The molecule has 0 atom stereocenters. The minimum atomic E-state index is -0.426. The quantitative estimate of drug-likeness (QED) is 0.394. The van der Waals surface area contributed by atoms with Gasteiger partial charge in [0.05, 0.1) is 18.3 Å². The minimum absolute atomic E-state index is 0.122. The molecule has 5 aromatic rings. The molecule has 0 saturated heterocycles. The monoisotopic (exact) mass is 414 g/mol. The molecule has 0 radical (unpaired) electrons. The Balaban J connectivity index is 1.63. The first kappa shape index (κ1) is 18.5. The Bertz CT molecular complexity index is 1530. The van der Waals surface area contributed by atoms with Gasteiger partial charge in [-0.3, -0.25) is 9.36 Å². The van der Waals surface area contributed by atoms with E-state index in [1.807, 2.05) is 62.4 Å². The Hall–Kier alpha value is -3.51. The van der Waals surface area contributed by atoms with Gasteiger partial charge < -0.3 is 4.42 Å². The van der Waals surface area contributed by atoms with Gasteiger partial charge in [0.25, 0.3) is 5.56 Å². The summed E-state index contributed by atoms with van der Waals surface area (Å²) in [4.78, 5) is 31.4. The number of aryl methyl sites for hydroxylation is 2. The van der Waals surface area contributed by atoms with E-state index < -0.39 is 5.63 Å². The summed E-state index contributed by atoms with van der Waals surface area (Å²) in [7, 11) is 0. The SMILES string of the molecule is Cc1cc2oc(=O)cc(Cn3cnc4sc(-c5ccccc5)cc4c3=O)c2cc1C. The van der Waals surface area contributed by atoms with E-state index in [0.717, 1.165) is 32.5 Å². The molecule has 3 heterocycles. The Morgan fingerprint density at radius 3 is 2.53 bits per heavy atom. The average Bonchev–Trinajstić information content (AvgIpc) is 3.17. The zero-order valence-electron chi connectivity index (χ0n) is 16.5. The summed E-state index contributed by atoms with van der Waals surface area (Å²) in [5.41, 5.74) is 3.94. The maximum atomic E-state index is 13.1. The van der Waals surface area contributed by atoms with Crippen LogP contribution < -0.4 is 11.2 Å². The van der Waals surface area contributed by atoms with Crippen molar-refractivity contribution in [2.24, 2.45) is 0 Å². The lowest BCUT2D eigenvalue weighted by atomic mass is 10.0. The van der Waals surface area contributed by atoms with Crippen molar-refractivity contribution in [3.05, 3.63) is 98.4 Å². The fourth-order valence-electron chi connectivity index (χ4n) is 3.61. The number of thiophene rings is 1. The number of fused-ring (bicyclic) bond motifs is 2. The van der Waals surface area contributed by atoms with Crippen molar-refractivity contribution in [1.29, 1.82) is 0 Å². The summed E-state index contributed by atoms with van der Waals surface area (Å²) < 4.78 is 6.92. The highest BCUT2D eigenvalue weighted by atomic mass is 32.1. The topological polar surface area (TPSA) is 65.1 Å². The molecule has 30 heavy (non-hydrogen) atoms. The number of hydrogen-bond acceptors (Lipinski definition) is 5. The fraction of sp³-hybridized carbons (Fsp3) is 0.125. The molecule has 0 aliphatic carbocycles. The second kappa shape index (κ2) is 7.07.